The molecule has 0 saturated heterocycles. The van der Waals surface area contributed by atoms with Gasteiger partial charge < -0.3 is 28.4 Å². The van der Waals surface area contributed by atoms with Gasteiger partial charge in [0.05, 0.1) is 49.4 Å². The second kappa shape index (κ2) is 20.1. The van der Waals surface area contributed by atoms with Gasteiger partial charge in [-0.1, -0.05) is 11.6 Å². The van der Waals surface area contributed by atoms with Crippen molar-refractivity contribution in [2.24, 2.45) is 0 Å². The van der Waals surface area contributed by atoms with Gasteiger partial charge in [-0.3, -0.25) is 19.4 Å². The number of fused-ring (bicyclic) bond motifs is 2. The van der Waals surface area contributed by atoms with Gasteiger partial charge in [0, 0.05) is 51.1 Å². The Hall–Kier alpha value is -6.93. The zero-order valence-electron chi connectivity index (χ0n) is 35.0. The van der Waals surface area contributed by atoms with E-state index in [4.69, 9.17) is 40.0 Å². The fourth-order valence-corrected chi connectivity index (χ4v) is 8.99. The molecule has 2 aromatic heterocycles. The van der Waals surface area contributed by atoms with Gasteiger partial charge in [0.25, 0.3) is 20.0 Å². The van der Waals surface area contributed by atoms with Gasteiger partial charge in [0.15, 0.2) is 23.0 Å². The van der Waals surface area contributed by atoms with Crippen LogP contribution in [-0.2, 0) is 20.0 Å². The third-order valence-electron chi connectivity index (χ3n) is 9.47. The van der Waals surface area contributed by atoms with Crippen LogP contribution in [0.25, 0.3) is 21.8 Å². The van der Waals surface area contributed by atoms with Crippen LogP contribution in [-0.4, -0.2) is 55.2 Å². The third-order valence-corrected chi connectivity index (χ3v) is 13.5. The highest BCUT2D eigenvalue weighted by atomic mass is 79.9. The van der Waals surface area contributed by atoms with E-state index in [1.54, 1.807) is 93.3 Å². The Kier molecular flexibility index (Phi) is 14.3. The fraction of sp³-hybridized carbons (Fsp3) is 0.0870. The average molecular weight is 1020 g/mol. The Bertz CT molecular complexity index is 3300. The number of methoxy groups -OCH3 is 4. The summed E-state index contributed by atoms with van der Waals surface area (Å²) < 4.78 is 116. The summed E-state index contributed by atoms with van der Waals surface area (Å²) in [6, 6.07) is 29.6. The average Bonchev–Trinajstić information content (AvgIpc) is 3.31. The van der Waals surface area contributed by atoms with E-state index in [0.717, 1.165) is 17.5 Å². The molecule has 6 aromatic carbocycles. The van der Waals surface area contributed by atoms with Crippen molar-refractivity contribution in [2.45, 2.75) is 9.79 Å². The predicted molar refractivity (Wildman–Crippen MR) is 250 cm³/mol. The molecule has 340 valence electrons. The van der Waals surface area contributed by atoms with Crippen LogP contribution in [0.3, 0.4) is 0 Å². The number of rotatable bonds is 14. The second-order valence-corrected chi connectivity index (χ2v) is 18.3. The SMILES string of the molecule is COc1cc2nccc(Oc3ccc(NS(=O)(=O)c4cc(F)ccc4F)cc3)c2cc1OC.COc1cc2nccc(Oc3ccc(NS(=O)(=O)c4ccc(Br)c(Cl)c4)cc3)c2cc1OC. The summed E-state index contributed by atoms with van der Waals surface area (Å²) in [7, 11) is -1.95. The summed E-state index contributed by atoms with van der Waals surface area (Å²) in [6.07, 6.45) is 3.22. The maximum atomic E-state index is 13.9. The summed E-state index contributed by atoms with van der Waals surface area (Å²) >= 11 is 9.27. The number of ether oxygens (including phenoxy) is 6. The maximum absolute atomic E-state index is 13.9. The van der Waals surface area contributed by atoms with E-state index in [0.29, 0.717) is 83.7 Å². The Morgan fingerprint density at radius 3 is 1.44 bits per heavy atom. The molecular formula is C46H36BrClF2N4O10S2. The van der Waals surface area contributed by atoms with Crippen LogP contribution in [0.2, 0.25) is 5.02 Å². The highest BCUT2D eigenvalue weighted by Gasteiger charge is 2.21. The zero-order valence-corrected chi connectivity index (χ0v) is 39.0. The number of hydrogen-bond donors (Lipinski definition) is 2. The molecule has 0 spiro atoms. The van der Waals surface area contributed by atoms with Gasteiger partial charge in [-0.05, 0) is 125 Å². The molecule has 0 aliphatic heterocycles. The maximum Gasteiger partial charge on any atom is 0.264 e. The van der Waals surface area contributed by atoms with Crippen molar-refractivity contribution in [1.29, 1.82) is 0 Å². The number of hydrogen-bond acceptors (Lipinski definition) is 12. The molecule has 8 aromatic rings. The zero-order chi connectivity index (χ0) is 47.2. The highest BCUT2D eigenvalue weighted by molar-refractivity contribution is 9.10. The molecule has 0 saturated carbocycles. The molecule has 0 aliphatic carbocycles. The smallest absolute Gasteiger partial charge is 0.264 e. The van der Waals surface area contributed by atoms with Gasteiger partial charge in [-0.25, -0.2) is 25.6 Å². The minimum absolute atomic E-state index is 0.0589. The summed E-state index contributed by atoms with van der Waals surface area (Å²) in [5, 5.41) is 1.73. The second-order valence-electron chi connectivity index (χ2n) is 13.7. The Morgan fingerprint density at radius 1 is 0.530 bits per heavy atom. The molecule has 66 heavy (non-hydrogen) atoms. The van der Waals surface area contributed by atoms with Crippen LogP contribution in [0.15, 0.2) is 148 Å². The number of pyridine rings is 2. The molecule has 0 aliphatic rings. The number of nitrogens with zero attached hydrogens (tertiary/aromatic N) is 2. The first-order chi connectivity index (χ1) is 31.6. The monoisotopic (exact) mass is 1020 g/mol. The van der Waals surface area contributed by atoms with Gasteiger partial charge in [0.1, 0.15) is 39.5 Å². The van der Waals surface area contributed by atoms with Gasteiger partial charge in [-0.15, -0.1) is 0 Å². The first-order valence-corrected chi connectivity index (χ1v) is 23.3. The van der Waals surface area contributed by atoms with Crippen molar-refractivity contribution in [2.75, 3.05) is 37.9 Å². The molecule has 0 atom stereocenters. The standard InChI is InChI=1S/C23H18BrClN2O5S.C23H18F2N2O5S/c1-30-22-12-17-20(13-23(22)31-2)26-10-9-21(17)32-15-5-3-14(4-6-15)27-33(28,29)16-7-8-18(24)19(25)11-16;1-30-21-12-17-19(13-22(21)31-2)26-10-9-20(17)32-16-6-4-15(5-7-16)27-33(28,29)23-11-14(24)3-8-18(23)25/h2*3-13,27H,1-2H3. The highest BCUT2D eigenvalue weighted by Crippen LogP contribution is 2.39. The van der Waals surface area contributed by atoms with Crippen LogP contribution in [0.4, 0.5) is 20.2 Å². The van der Waals surface area contributed by atoms with Crippen LogP contribution < -0.4 is 37.9 Å². The number of anilines is 2. The minimum atomic E-state index is -4.32. The van der Waals surface area contributed by atoms with Crippen molar-refractivity contribution < 1.29 is 54.0 Å². The molecule has 20 heteroatoms. The lowest BCUT2D eigenvalue weighted by atomic mass is 10.2. The van der Waals surface area contributed by atoms with E-state index in [1.165, 1.54) is 50.6 Å². The summed E-state index contributed by atoms with van der Waals surface area (Å²) in [5.74, 6) is 2.25. The Labute approximate surface area is 391 Å². The number of halogens is 4. The number of benzene rings is 6. The minimum Gasteiger partial charge on any atom is -0.493 e. The van der Waals surface area contributed by atoms with Crippen LogP contribution >= 0.6 is 27.5 Å². The predicted octanol–water partition coefficient (Wildman–Crippen LogP) is 11.4. The first-order valence-electron chi connectivity index (χ1n) is 19.1. The normalized spacial score (nSPS) is 11.3. The van der Waals surface area contributed by atoms with Crippen LogP contribution in [0.1, 0.15) is 0 Å². The van der Waals surface area contributed by atoms with E-state index in [9.17, 15) is 25.6 Å². The lowest BCUT2D eigenvalue weighted by Crippen LogP contribution is -2.14. The Balaban J connectivity index is 0.000000196. The molecule has 2 heterocycles. The molecule has 0 radical (unpaired) electrons. The lowest BCUT2D eigenvalue weighted by molar-refractivity contribution is 0.355. The molecule has 0 fully saturated rings. The Morgan fingerprint density at radius 2 is 0.985 bits per heavy atom. The first kappa shape index (κ1) is 47.0. The quantitative estimate of drug-likeness (QED) is 0.106. The fourth-order valence-electron chi connectivity index (χ4n) is 6.26. The lowest BCUT2D eigenvalue weighted by Gasteiger charge is -2.13. The van der Waals surface area contributed by atoms with Gasteiger partial charge in [-0.2, -0.15) is 0 Å². The van der Waals surface area contributed by atoms with Gasteiger partial charge in [0.2, 0.25) is 0 Å². The molecule has 0 amide bonds. The number of aromatic nitrogens is 2. The molecule has 14 nitrogen and oxygen atoms in total. The number of sulfonamides is 2. The summed E-state index contributed by atoms with van der Waals surface area (Å²) in [5.41, 5.74) is 1.85. The van der Waals surface area contributed by atoms with Crippen molar-refractivity contribution >= 4 is 80.8 Å². The van der Waals surface area contributed by atoms with Crippen molar-refractivity contribution in [3.05, 3.63) is 155 Å². The van der Waals surface area contributed by atoms with Crippen LogP contribution in [0, 0.1) is 11.6 Å². The van der Waals surface area contributed by atoms with E-state index < -0.39 is 36.6 Å². The van der Waals surface area contributed by atoms with Crippen molar-refractivity contribution in [1.82, 2.24) is 9.97 Å². The molecule has 0 unspecified atom stereocenters. The van der Waals surface area contributed by atoms with E-state index in [1.807, 2.05) is 0 Å². The molecular weight excluding hydrogens is 986 g/mol. The topological polar surface area (TPSA) is 174 Å². The molecule has 2 N–H and O–H groups in total. The van der Waals surface area contributed by atoms with E-state index >= 15 is 0 Å². The van der Waals surface area contributed by atoms with Gasteiger partial charge >= 0.3 is 0 Å². The van der Waals surface area contributed by atoms with Crippen molar-refractivity contribution in [3.63, 3.8) is 0 Å². The van der Waals surface area contributed by atoms with E-state index in [-0.39, 0.29) is 10.6 Å². The third kappa shape index (κ3) is 10.8. The largest absolute Gasteiger partial charge is 0.493 e. The number of nitrogens with one attached hydrogen (secondary N) is 2. The van der Waals surface area contributed by atoms with Crippen molar-refractivity contribution in [3.8, 4) is 46.0 Å². The van der Waals surface area contributed by atoms with E-state index in [2.05, 4.69) is 35.3 Å². The molecule has 8 rings (SSSR count). The van der Waals surface area contributed by atoms with Crippen LogP contribution in [0.5, 0.6) is 46.0 Å². The summed E-state index contributed by atoms with van der Waals surface area (Å²) in [4.78, 5) is 7.95. The molecule has 0 bridgehead atoms. The summed E-state index contributed by atoms with van der Waals surface area (Å²) in [6.45, 7) is 0.